The van der Waals surface area contributed by atoms with Gasteiger partial charge in [-0.05, 0) is 18.2 Å². The normalized spacial score (nSPS) is 10.3. The van der Waals surface area contributed by atoms with Gasteiger partial charge in [0.15, 0.2) is 0 Å². The van der Waals surface area contributed by atoms with E-state index in [0.29, 0.717) is 11.4 Å². The third-order valence-electron chi connectivity index (χ3n) is 2.36. The standard InChI is InChI=1S/C11H10F2N4O/c12-7-1-2-9(13)8(3-7)11(18)15-4-6-5-16-17-10(6)14/h1-3,5H,4H2,(H,15,18)(H3,14,16,17). The number of rotatable bonds is 3. The molecule has 18 heavy (non-hydrogen) atoms. The lowest BCUT2D eigenvalue weighted by molar-refractivity contribution is 0.0946. The highest BCUT2D eigenvalue weighted by atomic mass is 19.1. The van der Waals surface area contributed by atoms with E-state index in [2.05, 4.69) is 15.5 Å². The van der Waals surface area contributed by atoms with Gasteiger partial charge in [-0.15, -0.1) is 0 Å². The highest BCUT2D eigenvalue weighted by Gasteiger charge is 2.13. The lowest BCUT2D eigenvalue weighted by atomic mass is 10.2. The van der Waals surface area contributed by atoms with Crippen molar-refractivity contribution < 1.29 is 13.6 Å². The quantitative estimate of drug-likeness (QED) is 0.767. The van der Waals surface area contributed by atoms with Gasteiger partial charge in [-0.2, -0.15) is 5.10 Å². The molecule has 0 fully saturated rings. The van der Waals surface area contributed by atoms with E-state index in [1.54, 1.807) is 0 Å². The Hall–Kier alpha value is -2.44. The van der Waals surface area contributed by atoms with Crippen LogP contribution in [0.5, 0.6) is 0 Å². The Labute approximate surface area is 101 Å². The SMILES string of the molecule is Nc1[nH]ncc1CNC(=O)c1cc(F)ccc1F. The molecule has 94 valence electrons. The van der Waals surface area contributed by atoms with Gasteiger partial charge in [0.1, 0.15) is 17.5 Å². The zero-order valence-corrected chi connectivity index (χ0v) is 9.21. The number of anilines is 1. The van der Waals surface area contributed by atoms with E-state index in [9.17, 15) is 13.6 Å². The maximum absolute atomic E-state index is 13.3. The monoisotopic (exact) mass is 252 g/mol. The van der Waals surface area contributed by atoms with Gasteiger partial charge < -0.3 is 11.1 Å². The number of benzene rings is 1. The van der Waals surface area contributed by atoms with Crippen molar-refractivity contribution in [2.75, 3.05) is 5.73 Å². The number of nitrogens with one attached hydrogen (secondary N) is 2. The molecular formula is C11H10F2N4O. The molecule has 0 aliphatic carbocycles. The molecule has 0 unspecified atom stereocenters. The smallest absolute Gasteiger partial charge is 0.254 e. The summed E-state index contributed by atoms with van der Waals surface area (Å²) in [4.78, 5) is 11.6. The van der Waals surface area contributed by atoms with Gasteiger partial charge in [0, 0.05) is 12.1 Å². The minimum atomic E-state index is -0.783. The van der Waals surface area contributed by atoms with Crippen molar-refractivity contribution in [3.8, 4) is 0 Å². The largest absolute Gasteiger partial charge is 0.384 e. The third-order valence-corrected chi connectivity index (χ3v) is 2.36. The van der Waals surface area contributed by atoms with Crippen molar-refractivity contribution in [3.05, 3.63) is 47.2 Å². The van der Waals surface area contributed by atoms with Crippen molar-refractivity contribution >= 4 is 11.7 Å². The van der Waals surface area contributed by atoms with Crippen LogP contribution in [-0.4, -0.2) is 16.1 Å². The minimum absolute atomic E-state index is 0.0805. The second-order valence-electron chi connectivity index (χ2n) is 3.62. The first-order chi connectivity index (χ1) is 8.58. The van der Waals surface area contributed by atoms with Gasteiger partial charge in [-0.3, -0.25) is 9.89 Å². The molecule has 0 atom stereocenters. The summed E-state index contributed by atoms with van der Waals surface area (Å²) in [6.07, 6.45) is 1.44. The molecule has 1 aromatic heterocycles. The number of H-pyrrole nitrogens is 1. The second-order valence-corrected chi connectivity index (χ2v) is 3.62. The molecule has 0 saturated carbocycles. The zero-order valence-electron chi connectivity index (χ0n) is 9.21. The highest BCUT2D eigenvalue weighted by molar-refractivity contribution is 5.94. The summed E-state index contributed by atoms with van der Waals surface area (Å²) in [6.45, 7) is 0.0805. The summed E-state index contributed by atoms with van der Waals surface area (Å²) in [5.74, 6) is -1.86. The first kappa shape index (κ1) is 12.0. The zero-order chi connectivity index (χ0) is 13.1. The first-order valence-corrected chi connectivity index (χ1v) is 5.09. The Kier molecular flexibility index (Phi) is 3.22. The number of nitrogens with two attached hydrogens (primary N) is 1. The molecule has 1 heterocycles. The molecule has 5 nitrogen and oxygen atoms in total. The van der Waals surface area contributed by atoms with Crippen molar-refractivity contribution in [1.29, 1.82) is 0 Å². The Morgan fingerprint density at radius 1 is 1.44 bits per heavy atom. The number of aromatic amines is 1. The van der Waals surface area contributed by atoms with Gasteiger partial charge in [0.2, 0.25) is 0 Å². The molecule has 0 aliphatic rings. The van der Waals surface area contributed by atoms with Crippen LogP contribution < -0.4 is 11.1 Å². The average Bonchev–Trinajstić information content (AvgIpc) is 2.75. The topological polar surface area (TPSA) is 83.8 Å². The lowest BCUT2D eigenvalue weighted by Gasteiger charge is -2.05. The fraction of sp³-hybridized carbons (Fsp3) is 0.0909. The summed E-state index contributed by atoms with van der Waals surface area (Å²) in [7, 11) is 0. The maximum atomic E-state index is 13.3. The molecule has 1 aromatic carbocycles. The molecule has 7 heteroatoms. The lowest BCUT2D eigenvalue weighted by Crippen LogP contribution is -2.24. The van der Waals surface area contributed by atoms with E-state index in [4.69, 9.17) is 5.73 Å². The number of nitrogens with zero attached hydrogens (tertiary/aromatic N) is 1. The van der Waals surface area contributed by atoms with Crippen molar-refractivity contribution in [3.63, 3.8) is 0 Å². The summed E-state index contributed by atoms with van der Waals surface area (Å²) < 4.78 is 26.2. The minimum Gasteiger partial charge on any atom is -0.384 e. The Balaban J connectivity index is 2.08. The molecule has 4 N–H and O–H groups in total. The number of nitrogen functional groups attached to an aromatic ring is 1. The van der Waals surface area contributed by atoms with E-state index in [1.807, 2.05) is 0 Å². The number of halogens is 2. The Morgan fingerprint density at radius 2 is 2.22 bits per heavy atom. The molecule has 0 radical (unpaired) electrons. The van der Waals surface area contributed by atoms with Crippen LogP contribution in [0, 0.1) is 11.6 Å². The van der Waals surface area contributed by atoms with Crippen LogP contribution in [0.4, 0.5) is 14.6 Å². The van der Waals surface area contributed by atoms with Crippen LogP contribution in [0.25, 0.3) is 0 Å². The van der Waals surface area contributed by atoms with Crippen LogP contribution in [0.15, 0.2) is 24.4 Å². The van der Waals surface area contributed by atoms with Crippen LogP contribution in [0.2, 0.25) is 0 Å². The van der Waals surface area contributed by atoms with E-state index in [1.165, 1.54) is 6.20 Å². The van der Waals surface area contributed by atoms with E-state index < -0.39 is 17.5 Å². The first-order valence-electron chi connectivity index (χ1n) is 5.09. The number of carbonyl (C=O) groups is 1. The summed E-state index contributed by atoms with van der Waals surface area (Å²) in [5, 5.41) is 8.59. The third kappa shape index (κ3) is 2.45. The van der Waals surface area contributed by atoms with Crippen LogP contribution in [0.3, 0.4) is 0 Å². The molecule has 0 spiro atoms. The predicted molar refractivity (Wildman–Crippen MR) is 60.5 cm³/mol. The number of carbonyl (C=O) groups excluding carboxylic acids is 1. The average molecular weight is 252 g/mol. The molecule has 0 bridgehead atoms. The maximum Gasteiger partial charge on any atom is 0.254 e. The second kappa shape index (κ2) is 4.82. The summed E-state index contributed by atoms with van der Waals surface area (Å²) >= 11 is 0. The van der Waals surface area contributed by atoms with E-state index in [-0.39, 0.29) is 12.1 Å². The molecule has 2 rings (SSSR count). The van der Waals surface area contributed by atoms with Gasteiger partial charge in [-0.25, -0.2) is 8.78 Å². The van der Waals surface area contributed by atoms with Crippen LogP contribution in [-0.2, 0) is 6.54 Å². The van der Waals surface area contributed by atoms with Crippen molar-refractivity contribution in [2.45, 2.75) is 6.54 Å². The molecule has 2 aromatic rings. The fourth-order valence-electron chi connectivity index (χ4n) is 1.40. The fourth-order valence-corrected chi connectivity index (χ4v) is 1.40. The van der Waals surface area contributed by atoms with E-state index >= 15 is 0 Å². The number of hydrogen-bond donors (Lipinski definition) is 3. The van der Waals surface area contributed by atoms with Crippen LogP contribution >= 0.6 is 0 Å². The molecule has 0 saturated heterocycles. The molecule has 0 aliphatic heterocycles. The molecule has 1 amide bonds. The van der Waals surface area contributed by atoms with Gasteiger partial charge in [-0.1, -0.05) is 0 Å². The van der Waals surface area contributed by atoms with Crippen LogP contribution in [0.1, 0.15) is 15.9 Å². The van der Waals surface area contributed by atoms with E-state index in [0.717, 1.165) is 18.2 Å². The highest BCUT2D eigenvalue weighted by Crippen LogP contribution is 2.10. The van der Waals surface area contributed by atoms with Gasteiger partial charge in [0.05, 0.1) is 11.8 Å². The van der Waals surface area contributed by atoms with Gasteiger partial charge in [0.25, 0.3) is 5.91 Å². The predicted octanol–water partition coefficient (Wildman–Crippen LogP) is 1.20. The number of aromatic nitrogens is 2. The van der Waals surface area contributed by atoms with Crippen molar-refractivity contribution in [2.24, 2.45) is 0 Å². The Morgan fingerprint density at radius 3 is 2.89 bits per heavy atom. The van der Waals surface area contributed by atoms with Gasteiger partial charge >= 0.3 is 0 Å². The number of hydrogen-bond acceptors (Lipinski definition) is 3. The molecular weight excluding hydrogens is 242 g/mol. The summed E-state index contributed by atoms with van der Waals surface area (Å²) in [6, 6.07) is 2.68. The summed E-state index contributed by atoms with van der Waals surface area (Å²) in [5.41, 5.74) is 5.74. The van der Waals surface area contributed by atoms with Crippen molar-refractivity contribution in [1.82, 2.24) is 15.5 Å². The Bertz CT molecular complexity index is 582. The number of amides is 1.